The van der Waals surface area contributed by atoms with Crippen LogP contribution in [0.25, 0.3) is 0 Å². The SMILES string of the molecule is CSCCCCn1c(C(C)C)n[nH]c1=S. The first-order chi connectivity index (χ1) is 7.16. The van der Waals surface area contributed by atoms with Gasteiger partial charge in [0.25, 0.3) is 0 Å². The number of aromatic amines is 1. The lowest BCUT2D eigenvalue weighted by molar-refractivity contribution is 0.580. The highest BCUT2D eigenvalue weighted by Gasteiger charge is 2.08. The topological polar surface area (TPSA) is 33.6 Å². The largest absolute Gasteiger partial charge is 0.304 e. The third kappa shape index (κ3) is 3.65. The van der Waals surface area contributed by atoms with Gasteiger partial charge in [-0.15, -0.1) is 0 Å². The molecule has 0 aromatic carbocycles. The lowest BCUT2D eigenvalue weighted by Crippen LogP contribution is -2.06. The van der Waals surface area contributed by atoms with E-state index in [1.54, 1.807) is 0 Å². The van der Waals surface area contributed by atoms with Gasteiger partial charge < -0.3 is 4.57 Å². The molecule has 0 spiro atoms. The zero-order valence-corrected chi connectivity index (χ0v) is 11.2. The number of hydrogen-bond acceptors (Lipinski definition) is 3. The van der Waals surface area contributed by atoms with Crippen LogP contribution in [0.15, 0.2) is 0 Å². The molecule has 1 aromatic rings. The average Bonchev–Trinajstić information content (AvgIpc) is 2.55. The minimum Gasteiger partial charge on any atom is -0.304 e. The summed E-state index contributed by atoms with van der Waals surface area (Å²) in [4.78, 5) is 0. The van der Waals surface area contributed by atoms with Crippen molar-refractivity contribution in [3.8, 4) is 0 Å². The highest BCUT2D eigenvalue weighted by atomic mass is 32.2. The van der Waals surface area contributed by atoms with Crippen LogP contribution in [0.4, 0.5) is 0 Å². The van der Waals surface area contributed by atoms with Crippen molar-refractivity contribution >= 4 is 24.0 Å². The molecule has 1 aromatic heterocycles. The maximum absolute atomic E-state index is 5.21. The van der Waals surface area contributed by atoms with Gasteiger partial charge in [-0.05, 0) is 37.1 Å². The Morgan fingerprint density at radius 2 is 2.20 bits per heavy atom. The van der Waals surface area contributed by atoms with Crippen molar-refractivity contribution in [1.82, 2.24) is 14.8 Å². The molecule has 0 aliphatic rings. The van der Waals surface area contributed by atoms with Crippen molar-refractivity contribution in [2.24, 2.45) is 0 Å². The van der Waals surface area contributed by atoms with Crippen LogP contribution < -0.4 is 0 Å². The summed E-state index contributed by atoms with van der Waals surface area (Å²) in [5.74, 6) is 2.73. The fraction of sp³-hybridized carbons (Fsp3) is 0.800. The van der Waals surface area contributed by atoms with Crippen LogP contribution in [0.2, 0.25) is 0 Å². The van der Waals surface area contributed by atoms with E-state index < -0.39 is 0 Å². The Morgan fingerprint density at radius 3 is 2.80 bits per heavy atom. The van der Waals surface area contributed by atoms with Gasteiger partial charge in [-0.3, -0.25) is 5.10 Å². The van der Waals surface area contributed by atoms with Gasteiger partial charge in [0.2, 0.25) is 0 Å². The van der Waals surface area contributed by atoms with Crippen LogP contribution in [-0.2, 0) is 6.54 Å². The average molecular weight is 245 g/mol. The zero-order valence-electron chi connectivity index (χ0n) is 9.62. The smallest absolute Gasteiger partial charge is 0.195 e. The Kier molecular flexibility index (Phi) is 5.39. The molecule has 1 N–H and O–H groups in total. The van der Waals surface area contributed by atoms with Gasteiger partial charge >= 0.3 is 0 Å². The predicted octanol–water partition coefficient (Wildman–Crippen LogP) is 3.21. The van der Waals surface area contributed by atoms with Crippen LogP contribution in [0.5, 0.6) is 0 Å². The van der Waals surface area contributed by atoms with Crippen LogP contribution in [0.3, 0.4) is 0 Å². The number of H-pyrrole nitrogens is 1. The molecule has 1 rings (SSSR count). The van der Waals surface area contributed by atoms with Gasteiger partial charge in [0.05, 0.1) is 0 Å². The second-order valence-electron chi connectivity index (χ2n) is 3.89. The van der Waals surface area contributed by atoms with Gasteiger partial charge in [-0.25, -0.2) is 0 Å². The fourth-order valence-electron chi connectivity index (χ4n) is 1.50. The van der Waals surface area contributed by atoms with E-state index in [-0.39, 0.29) is 0 Å². The summed E-state index contributed by atoms with van der Waals surface area (Å²) in [5, 5.41) is 7.12. The molecular weight excluding hydrogens is 226 g/mol. The van der Waals surface area contributed by atoms with E-state index in [1.165, 1.54) is 18.6 Å². The Hall–Kier alpha value is -0.290. The molecule has 0 aliphatic heterocycles. The first-order valence-electron chi connectivity index (χ1n) is 5.31. The quantitative estimate of drug-likeness (QED) is 0.617. The standard InChI is InChI=1S/C10H19N3S2/c1-8(2)9-11-12-10(14)13(9)6-4-5-7-15-3/h8H,4-7H2,1-3H3,(H,12,14). The van der Waals surface area contributed by atoms with E-state index in [0.717, 1.165) is 17.1 Å². The molecule has 15 heavy (non-hydrogen) atoms. The molecule has 0 bridgehead atoms. The second-order valence-corrected chi connectivity index (χ2v) is 5.27. The van der Waals surface area contributed by atoms with Gasteiger partial charge in [0, 0.05) is 12.5 Å². The first kappa shape index (κ1) is 12.8. The van der Waals surface area contributed by atoms with Crippen molar-refractivity contribution in [3.05, 3.63) is 10.6 Å². The number of unbranched alkanes of at least 4 members (excludes halogenated alkanes) is 1. The van der Waals surface area contributed by atoms with E-state index in [0.29, 0.717) is 5.92 Å². The molecule has 0 aliphatic carbocycles. The van der Waals surface area contributed by atoms with E-state index in [4.69, 9.17) is 12.2 Å². The summed E-state index contributed by atoms with van der Waals surface area (Å²) in [6.07, 6.45) is 4.56. The Bertz CT molecular complexity index is 341. The molecule has 1 heterocycles. The molecule has 86 valence electrons. The summed E-state index contributed by atoms with van der Waals surface area (Å²) >= 11 is 7.10. The molecule has 0 atom stereocenters. The second kappa shape index (κ2) is 6.33. The summed E-state index contributed by atoms with van der Waals surface area (Å²) < 4.78 is 2.88. The normalized spacial score (nSPS) is 11.2. The minimum atomic E-state index is 0.429. The molecule has 3 nitrogen and oxygen atoms in total. The lowest BCUT2D eigenvalue weighted by atomic mass is 10.2. The van der Waals surface area contributed by atoms with Crippen molar-refractivity contribution < 1.29 is 0 Å². The molecule has 0 unspecified atom stereocenters. The highest BCUT2D eigenvalue weighted by molar-refractivity contribution is 7.98. The zero-order chi connectivity index (χ0) is 11.3. The summed E-state index contributed by atoms with van der Waals surface area (Å²) in [6, 6.07) is 0. The van der Waals surface area contributed by atoms with Gasteiger partial charge in [0.1, 0.15) is 5.82 Å². The Labute approximate surface area is 101 Å². The highest BCUT2D eigenvalue weighted by Crippen LogP contribution is 2.12. The summed E-state index contributed by atoms with van der Waals surface area (Å²) in [5.41, 5.74) is 0. The fourth-order valence-corrected chi connectivity index (χ4v) is 2.23. The molecule has 5 heteroatoms. The first-order valence-corrected chi connectivity index (χ1v) is 7.11. The number of thioether (sulfide) groups is 1. The number of hydrogen-bond donors (Lipinski definition) is 1. The third-order valence-corrected chi connectivity index (χ3v) is 3.29. The minimum absolute atomic E-state index is 0.429. The molecular formula is C10H19N3S2. The molecule has 0 amide bonds. The van der Waals surface area contributed by atoms with Crippen LogP contribution in [0.1, 0.15) is 38.4 Å². The van der Waals surface area contributed by atoms with E-state index in [2.05, 4.69) is 34.9 Å². The van der Waals surface area contributed by atoms with Crippen LogP contribution >= 0.6 is 24.0 Å². The Morgan fingerprint density at radius 1 is 1.47 bits per heavy atom. The van der Waals surface area contributed by atoms with E-state index >= 15 is 0 Å². The molecule has 0 radical (unpaired) electrons. The Balaban J connectivity index is 2.59. The van der Waals surface area contributed by atoms with Gasteiger partial charge in [-0.2, -0.15) is 16.9 Å². The molecule has 0 saturated heterocycles. The van der Waals surface area contributed by atoms with Crippen molar-refractivity contribution in [2.75, 3.05) is 12.0 Å². The molecule has 0 fully saturated rings. The van der Waals surface area contributed by atoms with Crippen molar-refractivity contribution in [2.45, 2.75) is 39.2 Å². The van der Waals surface area contributed by atoms with Gasteiger partial charge in [-0.1, -0.05) is 13.8 Å². The third-order valence-electron chi connectivity index (χ3n) is 2.28. The van der Waals surface area contributed by atoms with Crippen molar-refractivity contribution in [1.29, 1.82) is 0 Å². The summed E-state index contributed by atoms with van der Waals surface area (Å²) in [6.45, 7) is 5.27. The van der Waals surface area contributed by atoms with Gasteiger partial charge in [0.15, 0.2) is 4.77 Å². The number of aromatic nitrogens is 3. The monoisotopic (exact) mass is 245 g/mol. The van der Waals surface area contributed by atoms with Crippen molar-refractivity contribution in [3.63, 3.8) is 0 Å². The maximum Gasteiger partial charge on any atom is 0.195 e. The van der Waals surface area contributed by atoms with E-state index in [1.807, 2.05) is 11.8 Å². The number of nitrogens with one attached hydrogen (secondary N) is 1. The van der Waals surface area contributed by atoms with E-state index in [9.17, 15) is 0 Å². The molecule has 0 saturated carbocycles. The lowest BCUT2D eigenvalue weighted by Gasteiger charge is -2.08. The number of nitrogens with zero attached hydrogens (tertiary/aromatic N) is 2. The van der Waals surface area contributed by atoms with Crippen LogP contribution in [-0.4, -0.2) is 26.8 Å². The predicted molar refractivity (Wildman–Crippen MR) is 69.1 cm³/mol. The maximum atomic E-state index is 5.21. The summed E-state index contributed by atoms with van der Waals surface area (Å²) in [7, 11) is 0. The number of rotatable bonds is 6. The van der Waals surface area contributed by atoms with Crippen LogP contribution in [0, 0.1) is 4.77 Å².